The minimum atomic E-state index is 0.740. The Morgan fingerprint density at radius 3 is 2.71 bits per heavy atom. The van der Waals surface area contributed by atoms with Gasteiger partial charge in [-0.25, -0.2) is 0 Å². The first-order chi connectivity index (χ1) is 8.19. The molecular formula is C14H29N3. The molecule has 3 atom stereocenters. The minimum absolute atomic E-state index is 0.740. The van der Waals surface area contributed by atoms with E-state index in [9.17, 15) is 0 Å². The SMILES string of the molecule is CCN1CCCC(NC2CCN(C)C(C)C2)C1. The van der Waals surface area contributed by atoms with Gasteiger partial charge in [0.05, 0.1) is 0 Å². The predicted octanol–water partition coefficient (Wildman–Crippen LogP) is 1.54. The Bertz CT molecular complexity index is 228. The van der Waals surface area contributed by atoms with E-state index in [4.69, 9.17) is 0 Å². The van der Waals surface area contributed by atoms with Crippen LogP contribution in [0.3, 0.4) is 0 Å². The van der Waals surface area contributed by atoms with Gasteiger partial charge in [0.1, 0.15) is 0 Å². The first kappa shape index (κ1) is 13.3. The maximum absolute atomic E-state index is 3.90. The summed E-state index contributed by atoms with van der Waals surface area (Å²) in [5.41, 5.74) is 0. The molecule has 3 unspecified atom stereocenters. The third-order valence-corrected chi connectivity index (χ3v) is 4.63. The fourth-order valence-corrected chi connectivity index (χ4v) is 3.25. The molecule has 2 heterocycles. The van der Waals surface area contributed by atoms with E-state index in [1.54, 1.807) is 0 Å². The van der Waals surface area contributed by atoms with E-state index < -0.39 is 0 Å². The predicted molar refractivity (Wildman–Crippen MR) is 73.4 cm³/mol. The van der Waals surface area contributed by atoms with Gasteiger partial charge in [-0.2, -0.15) is 0 Å². The summed E-state index contributed by atoms with van der Waals surface area (Å²) < 4.78 is 0. The molecule has 0 saturated carbocycles. The smallest absolute Gasteiger partial charge is 0.0198 e. The van der Waals surface area contributed by atoms with Crippen molar-refractivity contribution in [2.75, 3.05) is 33.2 Å². The molecule has 1 N–H and O–H groups in total. The Hall–Kier alpha value is -0.120. The summed E-state index contributed by atoms with van der Waals surface area (Å²) in [4.78, 5) is 5.07. The summed E-state index contributed by atoms with van der Waals surface area (Å²) >= 11 is 0. The zero-order valence-electron chi connectivity index (χ0n) is 11.8. The second-order valence-electron chi connectivity index (χ2n) is 5.95. The Kier molecular flexibility index (Phi) is 4.83. The summed E-state index contributed by atoms with van der Waals surface area (Å²) in [7, 11) is 2.25. The van der Waals surface area contributed by atoms with E-state index in [1.807, 2.05) is 0 Å². The molecule has 3 nitrogen and oxygen atoms in total. The zero-order chi connectivity index (χ0) is 12.3. The third-order valence-electron chi connectivity index (χ3n) is 4.63. The first-order valence-electron chi connectivity index (χ1n) is 7.37. The fourth-order valence-electron chi connectivity index (χ4n) is 3.25. The molecule has 2 saturated heterocycles. The molecule has 0 aromatic heterocycles. The van der Waals surface area contributed by atoms with Crippen molar-refractivity contribution in [3.05, 3.63) is 0 Å². The van der Waals surface area contributed by atoms with Gasteiger partial charge in [0, 0.05) is 24.7 Å². The van der Waals surface area contributed by atoms with Crippen LogP contribution in [0.4, 0.5) is 0 Å². The first-order valence-corrected chi connectivity index (χ1v) is 7.37. The summed E-state index contributed by atoms with van der Waals surface area (Å²) in [6, 6.07) is 2.24. The second kappa shape index (κ2) is 6.17. The van der Waals surface area contributed by atoms with Gasteiger partial charge in [0.2, 0.25) is 0 Å². The quantitative estimate of drug-likeness (QED) is 0.806. The standard InChI is InChI=1S/C14H29N3/c1-4-17-8-5-6-14(11-17)15-13-7-9-16(3)12(2)10-13/h12-15H,4-11H2,1-3H3. The van der Waals surface area contributed by atoms with Gasteiger partial charge in [0.25, 0.3) is 0 Å². The fraction of sp³-hybridized carbons (Fsp3) is 1.00. The molecule has 0 aromatic carbocycles. The number of rotatable bonds is 3. The monoisotopic (exact) mass is 239 g/mol. The molecule has 2 aliphatic rings. The van der Waals surface area contributed by atoms with Crippen molar-refractivity contribution in [3.63, 3.8) is 0 Å². The van der Waals surface area contributed by atoms with Crippen LogP contribution in [0.25, 0.3) is 0 Å². The lowest BCUT2D eigenvalue weighted by Gasteiger charge is -2.39. The van der Waals surface area contributed by atoms with Crippen LogP contribution in [0.2, 0.25) is 0 Å². The van der Waals surface area contributed by atoms with Crippen molar-refractivity contribution in [3.8, 4) is 0 Å². The normalized spacial score (nSPS) is 37.2. The highest BCUT2D eigenvalue weighted by Crippen LogP contribution is 2.18. The van der Waals surface area contributed by atoms with Crippen molar-refractivity contribution < 1.29 is 0 Å². The van der Waals surface area contributed by atoms with Gasteiger partial charge >= 0.3 is 0 Å². The van der Waals surface area contributed by atoms with Crippen LogP contribution in [-0.4, -0.2) is 61.2 Å². The molecule has 2 aliphatic heterocycles. The van der Waals surface area contributed by atoms with E-state index in [-0.39, 0.29) is 0 Å². The number of likely N-dealkylation sites (N-methyl/N-ethyl adjacent to an activating group) is 1. The molecule has 2 rings (SSSR count). The van der Waals surface area contributed by atoms with E-state index in [1.165, 1.54) is 51.9 Å². The van der Waals surface area contributed by atoms with E-state index in [2.05, 4.69) is 36.0 Å². The molecule has 0 aromatic rings. The molecule has 100 valence electrons. The van der Waals surface area contributed by atoms with E-state index in [0.29, 0.717) is 0 Å². The second-order valence-corrected chi connectivity index (χ2v) is 5.95. The number of nitrogens with zero attached hydrogens (tertiary/aromatic N) is 2. The van der Waals surface area contributed by atoms with Crippen LogP contribution in [0.15, 0.2) is 0 Å². The lowest BCUT2D eigenvalue weighted by Crippen LogP contribution is -2.53. The maximum atomic E-state index is 3.90. The molecule has 0 spiro atoms. The van der Waals surface area contributed by atoms with Gasteiger partial charge in [-0.3, -0.25) is 0 Å². The van der Waals surface area contributed by atoms with Gasteiger partial charge in [0.15, 0.2) is 0 Å². The molecule has 17 heavy (non-hydrogen) atoms. The topological polar surface area (TPSA) is 18.5 Å². The lowest BCUT2D eigenvalue weighted by atomic mass is 9.96. The molecule has 0 aliphatic carbocycles. The average Bonchev–Trinajstić information content (AvgIpc) is 2.34. The molecular weight excluding hydrogens is 210 g/mol. The maximum Gasteiger partial charge on any atom is 0.0198 e. The molecule has 2 fully saturated rings. The molecule has 0 amide bonds. The van der Waals surface area contributed by atoms with Crippen molar-refractivity contribution in [2.45, 2.75) is 57.7 Å². The van der Waals surface area contributed by atoms with Crippen molar-refractivity contribution in [1.82, 2.24) is 15.1 Å². The van der Waals surface area contributed by atoms with Crippen LogP contribution in [0, 0.1) is 0 Å². The Labute approximate surface area is 107 Å². The minimum Gasteiger partial charge on any atom is -0.310 e. The molecule has 3 heteroatoms. The number of likely N-dealkylation sites (tertiary alicyclic amines) is 2. The van der Waals surface area contributed by atoms with Crippen molar-refractivity contribution in [1.29, 1.82) is 0 Å². The highest BCUT2D eigenvalue weighted by Gasteiger charge is 2.26. The summed E-state index contributed by atoms with van der Waals surface area (Å²) in [5, 5.41) is 3.90. The van der Waals surface area contributed by atoms with E-state index >= 15 is 0 Å². The largest absolute Gasteiger partial charge is 0.310 e. The van der Waals surface area contributed by atoms with E-state index in [0.717, 1.165) is 18.1 Å². The summed E-state index contributed by atoms with van der Waals surface area (Å²) in [6.07, 6.45) is 5.38. The van der Waals surface area contributed by atoms with Crippen LogP contribution in [-0.2, 0) is 0 Å². The van der Waals surface area contributed by atoms with Gasteiger partial charge in [-0.1, -0.05) is 6.92 Å². The number of hydrogen-bond donors (Lipinski definition) is 1. The number of nitrogens with one attached hydrogen (secondary N) is 1. The Morgan fingerprint density at radius 1 is 1.18 bits per heavy atom. The lowest BCUT2D eigenvalue weighted by molar-refractivity contribution is 0.139. The average molecular weight is 239 g/mol. The molecule has 0 radical (unpaired) electrons. The molecule has 0 bridgehead atoms. The third kappa shape index (κ3) is 3.67. The zero-order valence-corrected chi connectivity index (χ0v) is 11.8. The highest BCUT2D eigenvalue weighted by molar-refractivity contribution is 4.86. The van der Waals surface area contributed by atoms with Crippen LogP contribution in [0.5, 0.6) is 0 Å². The van der Waals surface area contributed by atoms with Gasteiger partial charge < -0.3 is 15.1 Å². The summed E-state index contributed by atoms with van der Waals surface area (Å²) in [5.74, 6) is 0. The van der Waals surface area contributed by atoms with Gasteiger partial charge in [-0.15, -0.1) is 0 Å². The number of piperidine rings is 2. The van der Waals surface area contributed by atoms with Crippen molar-refractivity contribution in [2.24, 2.45) is 0 Å². The number of hydrogen-bond acceptors (Lipinski definition) is 3. The Morgan fingerprint density at radius 2 is 2.00 bits per heavy atom. The van der Waals surface area contributed by atoms with Crippen LogP contribution < -0.4 is 5.32 Å². The van der Waals surface area contributed by atoms with Crippen LogP contribution >= 0.6 is 0 Å². The highest BCUT2D eigenvalue weighted by atomic mass is 15.2. The van der Waals surface area contributed by atoms with Crippen molar-refractivity contribution >= 4 is 0 Å². The Balaban J connectivity index is 1.76. The van der Waals surface area contributed by atoms with Crippen LogP contribution in [0.1, 0.15) is 39.5 Å². The summed E-state index contributed by atoms with van der Waals surface area (Å²) in [6.45, 7) is 9.66. The van der Waals surface area contributed by atoms with Gasteiger partial charge in [-0.05, 0) is 59.3 Å².